The van der Waals surface area contributed by atoms with Crippen molar-refractivity contribution in [1.82, 2.24) is 15.3 Å². The van der Waals surface area contributed by atoms with E-state index >= 15 is 0 Å². The van der Waals surface area contributed by atoms with Gasteiger partial charge in [-0.25, -0.2) is 0 Å². The molecule has 4 heterocycles. The van der Waals surface area contributed by atoms with Crippen LogP contribution in [0.25, 0.3) is 0 Å². The van der Waals surface area contributed by atoms with Crippen molar-refractivity contribution in [3.8, 4) is 0 Å². The number of rotatable bonds is 6. The number of hydrogen-bond acceptors (Lipinski definition) is 6. The molecule has 0 aliphatic carbocycles. The molecule has 39 heavy (non-hydrogen) atoms. The Labute approximate surface area is 240 Å². The van der Waals surface area contributed by atoms with Gasteiger partial charge < -0.3 is 25.2 Å². The summed E-state index contributed by atoms with van der Waals surface area (Å²) in [7, 11) is 0. The number of ether oxygens (including phenoxy) is 1. The van der Waals surface area contributed by atoms with Crippen molar-refractivity contribution in [2.24, 2.45) is 0 Å². The summed E-state index contributed by atoms with van der Waals surface area (Å²) in [5.41, 5.74) is 3.89. The fourth-order valence-electron chi connectivity index (χ4n) is 5.95. The van der Waals surface area contributed by atoms with E-state index in [9.17, 15) is 0 Å². The largest absolute Gasteiger partial charge is 0.381 e. The molecule has 3 aliphatic rings. The summed E-state index contributed by atoms with van der Waals surface area (Å²) in [6.07, 6.45) is 5.49. The number of aromatic nitrogens is 2. The van der Waals surface area contributed by atoms with Crippen LogP contribution < -0.4 is 20.4 Å². The Bertz CT molecular complexity index is 1280. The van der Waals surface area contributed by atoms with Crippen LogP contribution in [0.4, 0.5) is 17.6 Å². The average Bonchev–Trinajstić information content (AvgIpc) is 3.42. The van der Waals surface area contributed by atoms with Crippen molar-refractivity contribution in [1.29, 1.82) is 0 Å². The van der Waals surface area contributed by atoms with Gasteiger partial charge in [0, 0.05) is 62.4 Å². The molecule has 1 aromatic heterocycles. The number of anilines is 3. The number of thiocarbonyl (C=S) groups is 1. The lowest BCUT2D eigenvalue weighted by Gasteiger charge is -2.38. The number of hydrogen-bond donors (Lipinski definition) is 2. The molecule has 2 saturated heterocycles. The Morgan fingerprint density at radius 2 is 1.54 bits per heavy atom. The van der Waals surface area contributed by atoms with Crippen molar-refractivity contribution in [2.75, 3.05) is 48.0 Å². The highest BCUT2D eigenvalue weighted by atomic mass is 35.5. The lowest BCUT2D eigenvalue weighted by atomic mass is 9.74. The molecule has 0 spiro atoms. The molecule has 9 heteroatoms. The second kappa shape index (κ2) is 11.7. The van der Waals surface area contributed by atoms with E-state index < -0.39 is 0 Å². The molecule has 0 unspecified atom stereocenters. The minimum atomic E-state index is -0.0719. The maximum absolute atomic E-state index is 6.18. The summed E-state index contributed by atoms with van der Waals surface area (Å²) in [6.45, 7) is 5.89. The van der Waals surface area contributed by atoms with E-state index in [4.69, 9.17) is 38.5 Å². The van der Waals surface area contributed by atoms with E-state index in [0.29, 0.717) is 17.6 Å². The van der Waals surface area contributed by atoms with E-state index in [1.165, 1.54) is 36.0 Å². The topological polar surface area (TPSA) is 65.6 Å². The molecule has 2 fully saturated rings. The van der Waals surface area contributed by atoms with Crippen molar-refractivity contribution in [2.45, 2.75) is 50.6 Å². The highest BCUT2D eigenvalue weighted by molar-refractivity contribution is 7.80. The molecule has 3 aliphatic heterocycles. The Hall–Kier alpha value is -2.94. The van der Waals surface area contributed by atoms with Crippen molar-refractivity contribution in [3.63, 3.8) is 0 Å². The summed E-state index contributed by atoms with van der Waals surface area (Å²) in [5.74, 6) is 2.42. The maximum Gasteiger partial charge on any atom is 0.232 e. The normalized spacial score (nSPS) is 18.5. The van der Waals surface area contributed by atoms with Crippen LogP contribution in [0.3, 0.4) is 0 Å². The number of nitrogens with zero attached hydrogens (tertiary/aromatic N) is 4. The smallest absolute Gasteiger partial charge is 0.232 e. The first kappa shape index (κ1) is 26.3. The van der Waals surface area contributed by atoms with E-state index in [2.05, 4.69) is 62.9 Å². The molecular formula is C30H35ClN6OS. The predicted molar refractivity (Wildman–Crippen MR) is 162 cm³/mol. The second-order valence-electron chi connectivity index (χ2n) is 10.8. The molecule has 0 bridgehead atoms. The van der Waals surface area contributed by atoms with E-state index in [-0.39, 0.29) is 5.41 Å². The molecule has 7 nitrogen and oxygen atoms in total. The quantitative estimate of drug-likeness (QED) is 0.372. The zero-order valence-corrected chi connectivity index (χ0v) is 23.7. The van der Waals surface area contributed by atoms with Gasteiger partial charge >= 0.3 is 0 Å². The van der Waals surface area contributed by atoms with Gasteiger partial charge in [-0.1, -0.05) is 48.0 Å². The van der Waals surface area contributed by atoms with Crippen LogP contribution >= 0.6 is 23.8 Å². The van der Waals surface area contributed by atoms with Gasteiger partial charge in [0.1, 0.15) is 11.6 Å². The number of piperidine rings is 1. The molecular weight excluding hydrogens is 528 g/mol. The van der Waals surface area contributed by atoms with Crippen LogP contribution in [0.5, 0.6) is 0 Å². The van der Waals surface area contributed by atoms with Gasteiger partial charge in [0.2, 0.25) is 5.95 Å². The van der Waals surface area contributed by atoms with Gasteiger partial charge in [0.15, 0.2) is 5.11 Å². The number of fused-ring (bicyclic) bond motifs is 1. The number of halogens is 1. The third-order valence-corrected chi connectivity index (χ3v) is 8.76. The maximum atomic E-state index is 6.18. The fourth-order valence-corrected chi connectivity index (χ4v) is 6.24. The molecule has 0 saturated carbocycles. The minimum absolute atomic E-state index is 0.0719. The van der Waals surface area contributed by atoms with Crippen LogP contribution in [-0.4, -0.2) is 47.9 Å². The van der Waals surface area contributed by atoms with Crippen LogP contribution in [0.1, 0.15) is 48.8 Å². The van der Waals surface area contributed by atoms with E-state index in [1.807, 2.05) is 12.1 Å². The summed E-state index contributed by atoms with van der Waals surface area (Å²) < 4.78 is 5.70. The minimum Gasteiger partial charge on any atom is -0.381 e. The monoisotopic (exact) mass is 562 g/mol. The molecule has 2 N–H and O–H groups in total. The van der Waals surface area contributed by atoms with E-state index in [0.717, 1.165) is 68.9 Å². The zero-order chi connectivity index (χ0) is 26.7. The van der Waals surface area contributed by atoms with Gasteiger partial charge in [-0.05, 0) is 73.1 Å². The standard InChI is InChI=1S/C30H35ClN6OS/c31-25-10-8-24(9-11-25)30(12-16-38-17-13-30)21-32-29(39)35-28-33-26(36-14-4-1-5-15-36)18-27(34-28)37-19-22-6-2-3-7-23(22)20-37/h2-3,6-11,18H,1,4-5,12-17,19-21H2,(H2,32,33,34,35,39). The molecule has 6 rings (SSSR count). The third-order valence-electron chi connectivity index (χ3n) is 8.26. The van der Waals surface area contributed by atoms with Crippen LogP contribution in [0, 0.1) is 0 Å². The summed E-state index contributed by atoms with van der Waals surface area (Å²) in [6, 6.07) is 18.9. The Balaban J connectivity index is 1.20. The fraction of sp³-hybridized carbons (Fsp3) is 0.433. The van der Waals surface area contributed by atoms with Gasteiger partial charge in [0.05, 0.1) is 0 Å². The van der Waals surface area contributed by atoms with Gasteiger partial charge in [-0.3, -0.25) is 0 Å². The highest BCUT2D eigenvalue weighted by Gasteiger charge is 2.34. The van der Waals surface area contributed by atoms with Crippen molar-refractivity contribution >= 4 is 46.5 Å². The molecule has 0 amide bonds. The van der Waals surface area contributed by atoms with Crippen LogP contribution in [0.2, 0.25) is 5.02 Å². The van der Waals surface area contributed by atoms with Crippen LogP contribution in [0.15, 0.2) is 54.6 Å². The molecule has 3 aromatic rings. The van der Waals surface area contributed by atoms with Gasteiger partial charge in [0.25, 0.3) is 0 Å². The summed E-state index contributed by atoms with van der Waals surface area (Å²) in [5, 5.41) is 8.07. The Kier molecular flexibility index (Phi) is 7.86. The number of benzene rings is 2. The SMILES string of the molecule is S=C(NCC1(c2ccc(Cl)cc2)CCOCC1)Nc1nc(N2CCCCC2)cc(N2Cc3ccccc3C2)n1. The zero-order valence-electron chi connectivity index (χ0n) is 22.2. The highest BCUT2D eigenvalue weighted by Crippen LogP contribution is 2.35. The van der Waals surface area contributed by atoms with Crippen LogP contribution in [-0.2, 0) is 23.2 Å². The first-order valence-corrected chi connectivity index (χ1v) is 14.7. The second-order valence-corrected chi connectivity index (χ2v) is 11.6. The summed E-state index contributed by atoms with van der Waals surface area (Å²) >= 11 is 12.0. The van der Waals surface area contributed by atoms with Crippen molar-refractivity contribution < 1.29 is 4.74 Å². The Morgan fingerprint density at radius 3 is 2.21 bits per heavy atom. The first-order chi connectivity index (χ1) is 19.1. The average molecular weight is 563 g/mol. The Morgan fingerprint density at radius 1 is 0.897 bits per heavy atom. The van der Waals surface area contributed by atoms with Gasteiger partial charge in [-0.2, -0.15) is 9.97 Å². The first-order valence-electron chi connectivity index (χ1n) is 13.9. The van der Waals surface area contributed by atoms with Gasteiger partial charge in [-0.15, -0.1) is 0 Å². The predicted octanol–water partition coefficient (Wildman–Crippen LogP) is 5.68. The lowest BCUT2D eigenvalue weighted by molar-refractivity contribution is 0.0515. The van der Waals surface area contributed by atoms with Crippen molar-refractivity contribution in [3.05, 3.63) is 76.3 Å². The third kappa shape index (κ3) is 5.98. The molecule has 0 atom stereocenters. The lowest BCUT2D eigenvalue weighted by Crippen LogP contribution is -2.45. The van der Waals surface area contributed by atoms with E-state index in [1.54, 1.807) is 0 Å². The number of nitrogens with one attached hydrogen (secondary N) is 2. The molecule has 0 radical (unpaired) electrons. The molecule has 2 aromatic carbocycles. The molecule has 204 valence electrons. The summed E-state index contributed by atoms with van der Waals surface area (Å²) in [4.78, 5) is 14.5.